The van der Waals surface area contributed by atoms with Gasteiger partial charge < -0.3 is 25.4 Å². The van der Waals surface area contributed by atoms with E-state index in [0.29, 0.717) is 0 Å². The average molecular weight is 313 g/mol. The highest BCUT2D eigenvalue weighted by Gasteiger charge is 2.44. The van der Waals surface area contributed by atoms with Gasteiger partial charge in [0.1, 0.15) is 23.7 Å². The smallest absolute Gasteiger partial charge is 0.217 e. The van der Waals surface area contributed by atoms with Crippen LogP contribution in [-0.4, -0.2) is 57.6 Å². The number of thioether (sulfide) groups is 1. The van der Waals surface area contributed by atoms with Crippen LogP contribution in [0.25, 0.3) is 0 Å². The third-order valence-electron chi connectivity index (χ3n) is 3.25. The quantitative estimate of drug-likeness (QED) is 0.610. The molecule has 1 saturated heterocycles. The first-order valence-electron chi connectivity index (χ1n) is 6.64. The van der Waals surface area contributed by atoms with Crippen LogP contribution in [0, 0.1) is 0 Å². The zero-order valence-corrected chi connectivity index (χ0v) is 12.4. The van der Waals surface area contributed by atoms with Crippen molar-refractivity contribution in [2.24, 2.45) is 0 Å². The lowest BCUT2D eigenvalue weighted by molar-refractivity contribution is -0.173. The van der Waals surface area contributed by atoms with Gasteiger partial charge in [-0.3, -0.25) is 4.79 Å². The van der Waals surface area contributed by atoms with Crippen LogP contribution in [0.4, 0.5) is 0 Å². The second-order valence-corrected chi connectivity index (χ2v) is 6.04. The van der Waals surface area contributed by atoms with Gasteiger partial charge >= 0.3 is 0 Å². The molecular weight excluding hydrogens is 294 g/mol. The second-order valence-electron chi connectivity index (χ2n) is 4.86. The van der Waals surface area contributed by atoms with E-state index in [4.69, 9.17) is 4.74 Å². The summed E-state index contributed by atoms with van der Waals surface area (Å²) in [6, 6.07) is 8.62. The largest absolute Gasteiger partial charge is 0.394 e. The number of benzene rings is 1. The number of rotatable bonds is 4. The Morgan fingerprint density at radius 1 is 1.29 bits per heavy atom. The van der Waals surface area contributed by atoms with Crippen molar-refractivity contribution in [1.29, 1.82) is 0 Å². The molecule has 0 aliphatic carbocycles. The van der Waals surface area contributed by atoms with Crippen LogP contribution in [0.3, 0.4) is 0 Å². The molecule has 116 valence electrons. The molecular formula is C14H19NO5S. The van der Waals surface area contributed by atoms with Gasteiger partial charge in [0.2, 0.25) is 5.91 Å². The maximum Gasteiger partial charge on any atom is 0.217 e. The summed E-state index contributed by atoms with van der Waals surface area (Å²) in [6.07, 6.45) is -3.34. The summed E-state index contributed by atoms with van der Waals surface area (Å²) in [7, 11) is 0. The van der Waals surface area contributed by atoms with Crippen molar-refractivity contribution in [2.45, 2.75) is 41.6 Å². The van der Waals surface area contributed by atoms with E-state index in [9.17, 15) is 20.1 Å². The predicted molar refractivity (Wildman–Crippen MR) is 77.7 cm³/mol. The van der Waals surface area contributed by atoms with Gasteiger partial charge in [0, 0.05) is 11.8 Å². The first kappa shape index (κ1) is 16.3. The van der Waals surface area contributed by atoms with Gasteiger partial charge in [-0.15, -0.1) is 0 Å². The predicted octanol–water partition coefficient (Wildman–Crippen LogP) is -0.278. The Morgan fingerprint density at radius 2 is 1.95 bits per heavy atom. The number of carbonyl (C=O) groups is 1. The molecule has 1 aromatic rings. The lowest BCUT2D eigenvalue weighted by Crippen LogP contribution is -2.63. The summed E-state index contributed by atoms with van der Waals surface area (Å²) in [5, 5.41) is 31.9. The van der Waals surface area contributed by atoms with Crippen molar-refractivity contribution < 1.29 is 24.9 Å². The Labute approximate surface area is 127 Å². The molecule has 2 rings (SSSR count). The molecule has 6 nitrogen and oxygen atoms in total. The van der Waals surface area contributed by atoms with Gasteiger partial charge in [-0.1, -0.05) is 30.0 Å². The molecule has 0 saturated carbocycles. The summed E-state index contributed by atoms with van der Waals surface area (Å²) in [5.74, 6) is -0.323. The van der Waals surface area contributed by atoms with Gasteiger partial charge in [0.25, 0.3) is 0 Å². The normalized spacial score (nSPS) is 32.7. The summed E-state index contributed by atoms with van der Waals surface area (Å²) >= 11 is 1.32. The SMILES string of the molecule is CC(=O)N[C@@H]1[C@@H](O)[C@H](O)[C@H](CO)O[C@@H]1Sc1ccccc1. The Kier molecular flexibility index (Phi) is 5.60. The first-order valence-corrected chi connectivity index (χ1v) is 7.52. The van der Waals surface area contributed by atoms with Gasteiger partial charge in [-0.2, -0.15) is 0 Å². The Morgan fingerprint density at radius 3 is 2.52 bits per heavy atom. The molecule has 1 heterocycles. The van der Waals surface area contributed by atoms with Crippen LogP contribution in [0.2, 0.25) is 0 Å². The number of carbonyl (C=O) groups excluding carboxylic acids is 1. The van der Waals surface area contributed by atoms with Crippen LogP contribution < -0.4 is 5.32 Å². The van der Waals surface area contributed by atoms with E-state index in [1.165, 1.54) is 18.7 Å². The molecule has 0 bridgehead atoms. The third kappa shape index (κ3) is 3.96. The number of amides is 1. The Balaban J connectivity index is 2.18. The summed E-state index contributed by atoms with van der Waals surface area (Å²) in [6.45, 7) is 0.929. The molecule has 0 radical (unpaired) electrons. The third-order valence-corrected chi connectivity index (χ3v) is 4.43. The minimum absolute atomic E-state index is 0.323. The molecule has 1 fully saturated rings. The minimum atomic E-state index is -1.25. The van der Waals surface area contributed by atoms with Gasteiger partial charge in [-0.25, -0.2) is 0 Å². The average Bonchev–Trinajstić information content (AvgIpc) is 2.47. The Hall–Kier alpha value is -1.12. The van der Waals surface area contributed by atoms with Crippen molar-refractivity contribution in [1.82, 2.24) is 5.32 Å². The van der Waals surface area contributed by atoms with E-state index >= 15 is 0 Å². The molecule has 21 heavy (non-hydrogen) atoms. The van der Waals surface area contributed by atoms with E-state index in [1.807, 2.05) is 30.3 Å². The monoisotopic (exact) mass is 313 g/mol. The maximum absolute atomic E-state index is 11.3. The van der Waals surface area contributed by atoms with Crippen LogP contribution in [-0.2, 0) is 9.53 Å². The molecule has 0 aromatic heterocycles. The van der Waals surface area contributed by atoms with Crippen molar-refractivity contribution >= 4 is 17.7 Å². The molecule has 7 heteroatoms. The van der Waals surface area contributed by atoms with E-state index in [2.05, 4.69) is 5.32 Å². The molecule has 4 N–H and O–H groups in total. The topological polar surface area (TPSA) is 99.0 Å². The van der Waals surface area contributed by atoms with E-state index in [0.717, 1.165) is 4.90 Å². The minimum Gasteiger partial charge on any atom is -0.394 e. The highest BCUT2D eigenvalue weighted by atomic mass is 32.2. The molecule has 0 unspecified atom stereocenters. The lowest BCUT2D eigenvalue weighted by Gasteiger charge is -2.42. The van der Waals surface area contributed by atoms with E-state index in [1.54, 1.807) is 0 Å². The fourth-order valence-corrected chi connectivity index (χ4v) is 3.36. The molecule has 0 spiro atoms. The molecule has 5 atom stereocenters. The van der Waals surface area contributed by atoms with Gasteiger partial charge in [0.15, 0.2) is 0 Å². The van der Waals surface area contributed by atoms with Crippen LogP contribution in [0.15, 0.2) is 35.2 Å². The number of ether oxygens (including phenoxy) is 1. The van der Waals surface area contributed by atoms with E-state index in [-0.39, 0.29) is 5.91 Å². The van der Waals surface area contributed by atoms with E-state index < -0.39 is 36.4 Å². The highest BCUT2D eigenvalue weighted by Crippen LogP contribution is 2.33. The van der Waals surface area contributed by atoms with Crippen molar-refractivity contribution in [2.75, 3.05) is 6.61 Å². The number of aliphatic hydroxyl groups excluding tert-OH is 3. The summed E-state index contributed by atoms with van der Waals surface area (Å²) in [4.78, 5) is 12.2. The highest BCUT2D eigenvalue weighted by molar-refractivity contribution is 7.99. The first-order chi connectivity index (χ1) is 10.0. The zero-order valence-electron chi connectivity index (χ0n) is 11.5. The van der Waals surface area contributed by atoms with Crippen molar-refractivity contribution in [3.63, 3.8) is 0 Å². The fourth-order valence-electron chi connectivity index (χ4n) is 2.20. The summed E-state index contributed by atoms with van der Waals surface area (Å²) in [5.41, 5.74) is -0.605. The number of nitrogens with one attached hydrogen (secondary N) is 1. The molecule has 1 aliphatic heterocycles. The molecule has 1 amide bonds. The van der Waals surface area contributed by atoms with Crippen molar-refractivity contribution in [3.8, 4) is 0 Å². The van der Waals surface area contributed by atoms with Gasteiger partial charge in [-0.05, 0) is 12.1 Å². The Bertz CT molecular complexity index is 472. The van der Waals surface area contributed by atoms with Crippen LogP contribution in [0.5, 0.6) is 0 Å². The molecule has 1 aliphatic rings. The number of aliphatic hydroxyl groups is 3. The van der Waals surface area contributed by atoms with Gasteiger partial charge in [0.05, 0.1) is 12.6 Å². The maximum atomic E-state index is 11.3. The number of hydrogen-bond acceptors (Lipinski definition) is 6. The zero-order chi connectivity index (χ0) is 15.4. The molecule has 1 aromatic carbocycles. The standard InChI is InChI=1S/C14H19NO5S/c1-8(17)15-11-13(19)12(18)10(7-16)20-14(11)21-9-5-3-2-4-6-9/h2-6,10-14,16,18-19H,7H2,1H3,(H,15,17)/t10-,11+,12+,13+,14+/m0/s1. The lowest BCUT2D eigenvalue weighted by atomic mass is 9.98. The number of hydrogen-bond donors (Lipinski definition) is 4. The van der Waals surface area contributed by atoms with Crippen molar-refractivity contribution in [3.05, 3.63) is 30.3 Å². The fraction of sp³-hybridized carbons (Fsp3) is 0.500. The second kappa shape index (κ2) is 7.24. The van der Waals surface area contributed by atoms with Crippen LogP contribution >= 0.6 is 11.8 Å². The van der Waals surface area contributed by atoms with Crippen LogP contribution in [0.1, 0.15) is 6.92 Å². The summed E-state index contributed by atoms with van der Waals surface area (Å²) < 4.78 is 5.62.